The zero-order chi connectivity index (χ0) is 26.8. The maximum Gasteiger partial charge on any atom is 0.120 e. The van der Waals surface area contributed by atoms with Crippen molar-refractivity contribution in [2.45, 2.75) is 31.8 Å². The van der Waals surface area contributed by atoms with Crippen LogP contribution in [-0.2, 0) is 5.41 Å². The Morgan fingerprint density at radius 1 is 0.538 bits per heavy atom. The van der Waals surface area contributed by atoms with Gasteiger partial charge in [-0.3, -0.25) is 0 Å². The molecule has 6 aromatic carbocycles. The highest BCUT2D eigenvalue weighted by Crippen LogP contribution is 2.56. The predicted molar refractivity (Wildman–Crippen MR) is 161 cm³/mol. The third kappa shape index (κ3) is 3.71. The number of hydrogen-bond donors (Lipinski definition) is 1. The van der Waals surface area contributed by atoms with Gasteiger partial charge in [-0.15, -0.1) is 0 Å². The third-order valence-electron chi connectivity index (χ3n) is 7.88. The predicted octanol–water partition coefficient (Wildman–Crippen LogP) is 9.24. The molecule has 0 saturated carbocycles. The van der Waals surface area contributed by atoms with E-state index in [2.05, 4.69) is 124 Å². The Balaban J connectivity index is 1.52. The van der Waals surface area contributed by atoms with Gasteiger partial charge in [0.1, 0.15) is 17.1 Å². The molecular formula is C37H30O2. The van der Waals surface area contributed by atoms with E-state index in [0.29, 0.717) is 0 Å². The minimum absolute atomic E-state index is 0.248. The molecule has 1 N–H and O–H groups in total. The molecule has 2 heteroatoms. The lowest BCUT2D eigenvalue weighted by Crippen LogP contribution is -2.28. The van der Waals surface area contributed by atoms with Crippen LogP contribution in [0.25, 0.3) is 32.7 Å². The molecule has 0 amide bonds. The van der Waals surface area contributed by atoms with E-state index in [1.54, 1.807) is 6.07 Å². The van der Waals surface area contributed by atoms with Crippen molar-refractivity contribution < 1.29 is 9.84 Å². The molecular weight excluding hydrogens is 476 g/mol. The Labute approximate surface area is 229 Å². The van der Waals surface area contributed by atoms with E-state index in [1.807, 2.05) is 12.1 Å². The highest BCUT2D eigenvalue weighted by molar-refractivity contribution is 5.92. The lowest BCUT2D eigenvalue weighted by atomic mass is 9.67. The van der Waals surface area contributed by atoms with Gasteiger partial charge in [0.2, 0.25) is 0 Å². The summed E-state index contributed by atoms with van der Waals surface area (Å²) in [4.78, 5) is 0. The van der Waals surface area contributed by atoms with Crippen LogP contribution in [0.4, 0.5) is 0 Å². The van der Waals surface area contributed by atoms with Crippen LogP contribution in [0.3, 0.4) is 0 Å². The van der Waals surface area contributed by atoms with Crippen LogP contribution in [0.15, 0.2) is 121 Å². The summed E-state index contributed by atoms with van der Waals surface area (Å²) < 4.78 is 6.15. The fraction of sp³-hybridized carbons (Fsp3) is 0.135. The molecule has 39 heavy (non-hydrogen) atoms. The zero-order valence-electron chi connectivity index (χ0n) is 22.4. The van der Waals surface area contributed by atoms with Crippen LogP contribution < -0.4 is 4.74 Å². The summed E-state index contributed by atoms with van der Waals surface area (Å²) in [5, 5.41) is 14.5. The molecule has 0 aliphatic heterocycles. The molecule has 1 aliphatic carbocycles. The lowest BCUT2D eigenvalue weighted by Gasteiger charge is -2.34. The second-order valence-electron chi connectivity index (χ2n) is 11.5. The topological polar surface area (TPSA) is 29.5 Å². The number of aromatic hydroxyl groups is 1. The van der Waals surface area contributed by atoms with Crippen molar-refractivity contribution in [2.75, 3.05) is 0 Å². The van der Waals surface area contributed by atoms with E-state index in [4.69, 9.17) is 4.74 Å². The standard InChI is InChI=1S/C37H30O2/c1-36(2,3)39-31-19-15-25-21-29(17-13-27(25)23-31)37(28-16-12-26-22-30(38)18-14-24(26)20-28)34-10-6-4-8-32(34)33-9-5-7-11-35(33)37/h4-23,38H,1-3H3. The van der Waals surface area contributed by atoms with Gasteiger partial charge in [0.25, 0.3) is 0 Å². The number of phenols is 1. The first kappa shape index (κ1) is 23.5. The molecule has 2 nitrogen and oxygen atoms in total. The van der Waals surface area contributed by atoms with Gasteiger partial charge >= 0.3 is 0 Å². The lowest BCUT2D eigenvalue weighted by molar-refractivity contribution is 0.131. The fourth-order valence-corrected chi connectivity index (χ4v) is 6.36. The van der Waals surface area contributed by atoms with E-state index in [1.165, 1.54) is 38.8 Å². The summed E-state index contributed by atoms with van der Waals surface area (Å²) in [5.74, 6) is 1.16. The first-order valence-electron chi connectivity index (χ1n) is 13.5. The van der Waals surface area contributed by atoms with E-state index in [0.717, 1.165) is 21.9 Å². The van der Waals surface area contributed by atoms with Crippen LogP contribution in [-0.4, -0.2) is 10.7 Å². The minimum Gasteiger partial charge on any atom is -0.508 e. The van der Waals surface area contributed by atoms with Crippen molar-refractivity contribution in [3.8, 4) is 22.6 Å². The summed E-state index contributed by atoms with van der Waals surface area (Å²) in [5.41, 5.74) is 6.84. The Morgan fingerprint density at radius 3 is 1.62 bits per heavy atom. The zero-order valence-corrected chi connectivity index (χ0v) is 22.4. The van der Waals surface area contributed by atoms with E-state index in [9.17, 15) is 5.11 Å². The van der Waals surface area contributed by atoms with Gasteiger partial charge in [-0.2, -0.15) is 0 Å². The molecule has 0 saturated heterocycles. The van der Waals surface area contributed by atoms with Crippen molar-refractivity contribution in [3.05, 3.63) is 144 Å². The van der Waals surface area contributed by atoms with Crippen LogP contribution in [0.2, 0.25) is 0 Å². The van der Waals surface area contributed by atoms with E-state index in [-0.39, 0.29) is 11.4 Å². The van der Waals surface area contributed by atoms with Crippen LogP contribution in [0.1, 0.15) is 43.0 Å². The molecule has 0 heterocycles. The van der Waals surface area contributed by atoms with Gasteiger partial charge in [-0.25, -0.2) is 0 Å². The van der Waals surface area contributed by atoms with Gasteiger partial charge in [0.05, 0.1) is 5.41 Å². The average molecular weight is 507 g/mol. The van der Waals surface area contributed by atoms with E-state index < -0.39 is 5.41 Å². The monoisotopic (exact) mass is 506 g/mol. The second-order valence-corrected chi connectivity index (χ2v) is 11.5. The largest absolute Gasteiger partial charge is 0.508 e. The Bertz CT molecular complexity index is 1840. The first-order valence-corrected chi connectivity index (χ1v) is 13.5. The van der Waals surface area contributed by atoms with Gasteiger partial charge in [0, 0.05) is 0 Å². The van der Waals surface area contributed by atoms with Gasteiger partial charge in [-0.1, -0.05) is 84.9 Å². The molecule has 0 radical (unpaired) electrons. The molecule has 0 spiro atoms. The second kappa shape index (κ2) is 8.47. The normalized spacial score (nSPS) is 13.8. The van der Waals surface area contributed by atoms with Crippen LogP contribution in [0, 0.1) is 0 Å². The molecule has 0 bridgehead atoms. The number of hydrogen-bond acceptors (Lipinski definition) is 2. The molecule has 190 valence electrons. The SMILES string of the molecule is CC(C)(C)Oc1ccc2cc(C3(c4ccc5cc(O)ccc5c4)c4ccccc4-c4ccccc43)ccc2c1. The minimum atomic E-state index is -0.478. The molecule has 0 aromatic heterocycles. The van der Waals surface area contributed by atoms with Crippen molar-refractivity contribution in [1.29, 1.82) is 0 Å². The molecule has 6 aromatic rings. The quantitative estimate of drug-likeness (QED) is 0.259. The molecule has 0 fully saturated rings. The summed E-state index contributed by atoms with van der Waals surface area (Å²) in [6.45, 7) is 6.22. The summed E-state index contributed by atoms with van der Waals surface area (Å²) in [7, 11) is 0. The number of rotatable bonds is 3. The first-order chi connectivity index (χ1) is 18.8. The van der Waals surface area contributed by atoms with Gasteiger partial charge in [-0.05, 0) is 112 Å². The number of fused-ring (bicyclic) bond motifs is 5. The Hall–Kier alpha value is -4.56. The Morgan fingerprint density at radius 2 is 1.03 bits per heavy atom. The van der Waals surface area contributed by atoms with Crippen LogP contribution >= 0.6 is 0 Å². The number of phenolic OH excluding ortho intramolecular Hbond substituents is 1. The highest BCUT2D eigenvalue weighted by Gasteiger charge is 2.46. The van der Waals surface area contributed by atoms with Crippen molar-refractivity contribution in [2.24, 2.45) is 0 Å². The van der Waals surface area contributed by atoms with Gasteiger partial charge in [0.15, 0.2) is 0 Å². The maximum atomic E-state index is 10.1. The van der Waals surface area contributed by atoms with Crippen LogP contribution in [0.5, 0.6) is 11.5 Å². The third-order valence-corrected chi connectivity index (χ3v) is 7.88. The van der Waals surface area contributed by atoms with E-state index >= 15 is 0 Å². The summed E-state index contributed by atoms with van der Waals surface area (Å²) in [6, 6.07) is 43.1. The highest BCUT2D eigenvalue weighted by atomic mass is 16.5. The average Bonchev–Trinajstić information content (AvgIpc) is 3.23. The fourth-order valence-electron chi connectivity index (χ4n) is 6.36. The van der Waals surface area contributed by atoms with Crippen molar-refractivity contribution in [1.82, 2.24) is 0 Å². The molecule has 0 unspecified atom stereocenters. The Kier molecular flexibility index (Phi) is 5.12. The van der Waals surface area contributed by atoms with Crippen molar-refractivity contribution in [3.63, 3.8) is 0 Å². The number of ether oxygens (including phenoxy) is 1. The number of benzene rings is 6. The summed E-state index contributed by atoms with van der Waals surface area (Å²) >= 11 is 0. The summed E-state index contributed by atoms with van der Waals surface area (Å²) in [6.07, 6.45) is 0. The molecule has 7 rings (SSSR count). The van der Waals surface area contributed by atoms with Crippen molar-refractivity contribution >= 4 is 21.5 Å². The maximum absolute atomic E-state index is 10.1. The molecule has 0 atom stereocenters. The molecule has 1 aliphatic rings. The smallest absolute Gasteiger partial charge is 0.120 e. The van der Waals surface area contributed by atoms with Gasteiger partial charge < -0.3 is 9.84 Å².